The molecular weight excluding hydrogens is 675 g/mol. The van der Waals surface area contributed by atoms with E-state index in [-0.39, 0.29) is 0 Å². The Balaban J connectivity index is 1.50. The van der Waals surface area contributed by atoms with E-state index in [4.69, 9.17) is 4.42 Å². The molecule has 5 heterocycles. The molecule has 0 saturated heterocycles. The lowest BCUT2D eigenvalue weighted by atomic mass is 9.86. The molecule has 3 aromatic heterocycles. The van der Waals surface area contributed by atoms with Crippen LogP contribution in [0.1, 0.15) is 78.5 Å². The molecule has 0 fully saturated rings. The zero-order chi connectivity index (χ0) is 37.6. The summed E-state index contributed by atoms with van der Waals surface area (Å²) in [5, 5.41) is 3.82. The molecule has 0 bridgehead atoms. The third-order valence-corrected chi connectivity index (χ3v) is 14.4. The molecule has 0 radical (unpaired) electrons. The highest BCUT2D eigenvalue weighted by Gasteiger charge is 2.67. The molecule has 2 aliphatic heterocycles. The molecule has 54 heavy (non-hydrogen) atoms. The zero-order valence-corrected chi connectivity index (χ0v) is 34.2. The number of hydrogen-bond donors (Lipinski definition) is 0. The van der Waals surface area contributed by atoms with Crippen LogP contribution in [0.3, 0.4) is 0 Å². The molecule has 5 heteroatoms. The molecule has 268 valence electrons. The number of pyridine rings is 1. The van der Waals surface area contributed by atoms with Gasteiger partial charge in [0.05, 0.1) is 24.8 Å². The molecule has 1 spiro atoms. The van der Waals surface area contributed by atoms with Gasteiger partial charge < -0.3 is 4.42 Å². The number of imidazole rings is 1. The highest BCUT2D eigenvalue weighted by molar-refractivity contribution is 6.89. The Bertz CT molecular complexity index is 2890. The summed E-state index contributed by atoms with van der Waals surface area (Å²) in [5.74, 6) is 1.96. The van der Waals surface area contributed by atoms with Crippen LogP contribution in [-0.4, -0.2) is 12.6 Å². The third kappa shape index (κ3) is 4.19. The van der Waals surface area contributed by atoms with Crippen LogP contribution in [0.15, 0.2) is 108 Å². The van der Waals surface area contributed by atoms with Gasteiger partial charge in [-0.15, -0.1) is 9.13 Å². The number of benzene rings is 5. The molecule has 8 aromatic rings. The van der Waals surface area contributed by atoms with Gasteiger partial charge in [-0.05, 0) is 97.3 Å². The number of hydrogen-bond acceptors (Lipinski definition) is 1. The molecule has 0 aliphatic carbocycles. The van der Waals surface area contributed by atoms with E-state index in [1.165, 1.54) is 77.7 Å². The maximum absolute atomic E-state index is 7.06. The van der Waals surface area contributed by atoms with E-state index in [9.17, 15) is 0 Å². The van der Waals surface area contributed by atoms with Gasteiger partial charge in [0.25, 0.3) is 0 Å². The monoisotopic (exact) mass is 723 g/mol. The smallest absolute Gasteiger partial charge is 0.364 e. The van der Waals surface area contributed by atoms with Gasteiger partial charge in [-0.2, -0.15) is 4.57 Å². The number of aromatic nitrogens is 3. The number of fused-ring (bicyclic) bond motifs is 16. The second-order valence-electron chi connectivity index (χ2n) is 17.6. The Labute approximate surface area is 319 Å². The first-order chi connectivity index (χ1) is 25.8. The van der Waals surface area contributed by atoms with Crippen molar-refractivity contribution in [2.45, 2.75) is 85.6 Å². The van der Waals surface area contributed by atoms with Crippen molar-refractivity contribution >= 4 is 46.2 Å². The summed E-state index contributed by atoms with van der Waals surface area (Å²) >= 11 is 0. The van der Waals surface area contributed by atoms with Gasteiger partial charge in [0.2, 0.25) is 5.69 Å². The van der Waals surface area contributed by atoms with E-state index in [0.717, 1.165) is 27.8 Å². The normalized spacial score (nSPS) is 16.0. The maximum atomic E-state index is 7.06. The van der Waals surface area contributed by atoms with Gasteiger partial charge in [0.1, 0.15) is 16.8 Å². The van der Waals surface area contributed by atoms with Crippen LogP contribution in [0.2, 0.25) is 19.6 Å². The van der Waals surface area contributed by atoms with Crippen molar-refractivity contribution in [2.24, 2.45) is 0 Å². The van der Waals surface area contributed by atoms with Crippen molar-refractivity contribution in [1.82, 2.24) is 4.57 Å². The van der Waals surface area contributed by atoms with Gasteiger partial charge >= 0.3 is 11.5 Å². The highest BCUT2D eigenvalue weighted by atomic mass is 28.3. The SMILES string of the molecule is Cc1cc(C)c(-n2c3[n+](c4ccccc42)C2(c4cc(C(C)C)ccc4-c4cc(C(C)C)c([Si](C)(C)C)c[n+]42)c2ccc4c(oc5ccccc54)c2-3)c(C)c1. The Hall–Kier alpha value is -5.26. The summed E-state index contributed by atoms with van der Waals surface area (Å²) in [6.45, 7) is 23.6. The molecule has 5 aromatic carbocycles. The van der Waals surface area contributed by atoms with Crippen molar-refractivity contribution in [3.63, 3.8) is 0 Å². The van der Waals surface area contributed by atoms with Gasteiger partial charge in [-0.3, -0.25) is 0 Å². The summed E-state index contributed by atoms with van der Waals surface area (Å²) in [4.78, 5) is 0. The fourth-order valence-corrected chi connectivity index (χ4v) is 11.9. The first-order valence-electron chi connectivity index (χ1n) is 19.7. The van der Waals surface area contributed by atoms with E-state index in [1.54, 1.807) is 0 Å². The number of aryl methyl sites for hydroxylation is 3. The lowest BCUT2D eigenvalue weighted by molar-refractivity contribution is -0.944. The van der Waals surface area contributed by atoms with Crippen LogP contribution in [-0.2, 0) is 5.66 Å². The van der Waals surface area contributed by atoms with Crippen LogP contribution < -0.4 is 14.3 Å². The number of rotatable bonds is 4. The molecule has 1 unspecified atom stereocenters. The van der Waals surface area contributed by atoms with E-state index >= 15 is 0 Å². The molecule has 0 saturated carbocycles. The first-order valence-corrected chi connectivity index (χ1v) is 23.2. The van der Waals surface area contributed by atoms with E-state index in [2.05, 4.69) is 185 Å². The topological polar surface area (TPSA) is 25.8 Å². The van der Waals surface area contributed by atoms with E-state index in [0.29, 0.717) is 11.8 Å². The second kappa shape index (κ2) is 11.1. The molecule has 2 aliphatic rings. The lowest BCUT2D eigenvalue weighted by Crippen LogP contribution is -2.72. The van der Waals surface area contributed by atoms with Crippen molar-refractivity contribution in [3.8, 4) is 28.3 Å². The Morgan fingerprint density at radius 3 is 2.17 bits per heavy atom. The van der Waals surface area contributed by atoms with Crippen molar-refractivity contribution in [2.75, 3.05) is 0 Å². The van der Waals surface area contributed by atoms with E-state index < -0.39 is 13.7 Å². The van der Waals surface area contributed by atoms with Crippen molar-refractivity contribution in [1.29, 1.82) is 0 Å². The zero-order valence-electron chi connectivity index (χ0n) is 33.2. The summed E-state index contributed by atoms with van der Waals surface area (Å²) in [6, 6.07) is 36.9. The predicted octanol–water partition coefficient (Wildman–Crippen LogP) is 11.1. The molecule has 10 rings (SSSR count). The first kappa shape index (κ1) is 33.3. The third-order valence-electron chi connectivity index (χ3n) is 12.4. The predicted molar refractivity (Wildman–Crippen MR) is 225 cm³/mol. The summed E-state index contributed by atoms with van der Waals surface area (Å²) in [7, 11) is -1.81. The highest BCUT2D eigenvalue weighted by Crippen LogP contribution is 2.53. The van der Waals surface area contributed by atoms with Crippen LogP contribution in [0.25, 0.3) is 61.3 Å². The van der Waals surface area contributed by atoms with E-state index in [1.807, 2.05) is 0 Å². The molecular formula is C49H49N3OSi+2. The summed E-state index contributed by atoms with van der Waals surface area (Å²) in [5.41, 5.74) is 17.8. The number of furan rings is 1. The lowest BCUT2D eigenvalue weighted by Gasteiger charge is -2.25. The van der Waals surface area contributed by atoms with Crippen molar-refractivity contribution in [3.05, 3.63) is 142 Å². The summed E-state index contributed by atoms with van der Waals surface area (Å²) < 4.78 is 15.0. The maximum Gasteiger partial charge on any atom is 0.364 e. The van der Waals surface area contributed by atoms with Crippen LogP contribution in [0.5, 0.6) is 0 Å². The number of para-hydroxylation sites is 3. The minimum absolute atomic E-state index is 0.382. The quantitative estimate of drug-likeness (QED) is 0.131. The van der Waals surface area contributed by atoms with Crippen LogP contribution in [0.4, 0.5) is 0 Å². The Kier molecular flexibility index (Phi) is 6.87. The molecule has 1 atom stereocenters. The average molecular weight is 724 g/mol. The van der Waals surface area contributed by atoms with Crippen LogP contribution >= 0.6 is 0 Å². The van der Waals surface area contributed by atoms with Crippen LogP contribution in [0, 0.1) is 20.8 Å². The second-order valence-corrected chi connectivity index (χ2v) is 22.7. The van der Waals surface area contributed by atoms with Gasteiger partial charge in [-0.25, -0.2) is 0 Å². The fraction of sp³-hybridized carbons (Fsp3) is 0.265. The average Bonchev–Trinajstić information content (AvgIpc) is 3.83. The Morgan fingerprint density at radius 1 is 0.722 bits per heavy atom. The standard InChI is InChI=1S/C49H49N3OSi/c1-28(2)33-19-20-36-39(25-33)49(50-27-44(54(8,9)10)37(29(3)4)26-42(36)50)38-22-21-35-34-15-11-14-18-43(34)53-47(35)45(38)48-51(40-16-12-13-17-41(40)52(48)49)46-31(6)23-30(5)24-32(46)7/h11-29H,1-10H3/q+2. The van der Waals surface area contributed by atoms with Crippen molar-refractivity contribution < 1.29 is 13.6 Å². The Morgan fingerprint density at radius 2 is 1.44 bits per heavy atom. The van der Waals surface area contributed by atoms with Gasteiger partial charge in [-0.1, -0.05) is 101 Å². The minimum Gasteiger partial charge on any atom is -0.455 e. The molecule has 0 amide bonds. The van der Waals surface area contributed by atoms with Gasteiger partial charge in [0.15, 0.2) is 22.8 Å². The molecule has 4 nitrogen and oxygen atoms in total. The number of nitrogens with zero attached hydrogens (tertiary/aromatic N) is 3. The molecule has 0 N–H and O–H groups in total. The fourth-order valence-electron chi connectivity index (χ4n) is 10.1. The van der Waals surface area contributed by atoms with Gasteiger partial charge in [0, 0.05) is 22.0 Å². The largest absolute Gasteiger partial charge is 0.455 e. The minimum atomic E-state index is -1.81. The summed E-state index contributed by atoms with van der Waals surface area (Å²) in [6.07, 6.45) is 2.58.